The summed E-state index contributed by atoms with van der Waals surface area (Å²) in [5, 5.41) is 5.42. The van der Waals surface area contributed by atoms with Gasteiger partial charge in [-0.15, -0.1) is 0 Å². The molecule has 0 radical (unpaired) electrons. The summed E-state index contributed by atoms with van der Waals surface area (Å²) < 4.78 is 37.3. The highest BCUT2D eigenvalue weighted by molar-refractivity contribution is 5.95. The SMILES string of the molecule is Cc1cccc(NC(=O)C(F)(F)F)c1CC1CCC(C)CN1. The van der Waals surface area contributed by atoms with E-state index in [1.54, 1.807) is 6.07 Å². The molecule has 1 saturated heterocycles. The molecule has 2 atom stereocenters. The molecule has 1 fully saturated rings. The Morgan fingerprint density at radius 1 is 1.36 bits per heavy atom. The highest BCUT2D eigenvalue weighted by Crippen LogP contribution is 2.26. The van der Waals surface area contributed by atoms with Gasteiger partial charge in [-0.2, -0.15) is 13.2 Å². The molecule has 1 amide bonds. The lowest BCUT2D eigenvalue weighted by Gasteiger charge is -2.29. The Morgan fingerprint density at radius 3 is 2.68 bits per heavy atom. The van der Waals surface area contributed by atoms with E-state index in [9.17, 15) is 18.0 Å². The van der Waals surface area contributed by atoms with Crippen molar-refractivity contribution in [1.82, 2.24) is 5.32 Å². The second-order valence-electron chi connectivity index (χ2n) is 6.04. The number of aryl methyl sites for hydroxylation is 1. The van der Waals surface area contributed by atoms with Gasteiger partial charge in [0, 0.05) is 11.7 Å². The molecule has 1 aromatic rings. The van der Waals surface area contributed by atoms with Crippen molar-refractivity contribution in [1.29, 1.82) is 0 Å². The fraction of sp³-hybridized carbons (Fsp3) is 0.562. The Kier molecular flexibility index (Phi) is 5.11. The molecule has 3 nitrogen and oxygen atoms in total. The summed E-state index contributed by atoms with van der Waals surface area (Å²) in [6.07, 6.45) is -2.16. The van der Waals surface area contributed by atoms with Crippen LogP contribution in [0.1, 0.15) is 30.9 Å². The van der Waals surface area contributed by atoms with Crippen LogP contribution in [0.4, 0.5) is 18.9 Å². The van der Waals surface area contributed by atoms with Gasteiger partial charge < -0.3 is 10.6 Å². The minimum atomic E-state index is -4.88. The molecule has 2 rings (SSSR count). The van der Waals surface area contributed by atoms with E-state index < -0.39 is 12.1 Å². The van der Waals surface area contributed by atoms with Crippen molar-refractivity contribution in [2.45, 2.75) is 45.3 Å². The highest BCUT2D eigenvalue weighted by Gasteiger charge is 2.39. The molecule has 6 heteroatoms. The zero-order chi connectivity index (χ0) is 16.3. The number of carbonyl (C=O) groups excluding carboxylic acids is 1. The first-order valence-corrected chi connectivity index (χ1v) is 7.47. The Labute approximate surface area is 128 Å². The van der Waals surface area contributed by atoms with Crippen molar-refractivity contribution in [3.05, 3.63) is 29.3 Å². The summed E-state index contributed by atoms with van der Waals surface area (Å²) in [5.41, 5.74) is 1.91. The van der Waals surface area contributed by atoms with Crippen LogP contribution in [-0.2, 0) is 11.2 Å². The predicted molar refractivity (Wildman–Crippen MR) is 79.8 cm³/mol. The van der Waals surface area contributed by atoms with Crippen molar-refractivity contribution < 1.29 is 18.0 Å². The number of alkyl halides is 3. The molecule has 1 aliphatic rings. The normalized spacial score (nSPS) is 22.4. The summed E-state index contributed by atoms with van der Waals surface area (Å²) in [5.74, 6) is -1.30. The molecule has 1 heterocycles. The number of hydrogen-bond acceptors (Lipinski definition) is 2. The summed E-state index contributed by atoms with van der Waals surface area (Å²) in [4.78, 5) is 11.2. The third-order valence-corrected chi connectivity index (χ3v) is 4.13. The van der Waals surface area contributed by atoms with Gasteiger partial charge in [0.2, 0.25) is 0 Å². The van der Waals surface area contributed by atoms with E-state index in [2.05, 4.69) is 12.2 Å². The van der Waals surface area contributed by atoms with Crippen LogP contribution in [0.2, 0.25) is 0 Å². The van der Waals surface area contributed by atoms with Gasteiger partial charge in [0.25, 0.3) is 0 Å². The zero-order valence-electron chi connectivity index (χ0n) is 12.8. The number of anilines is 1. The molecular weight excluding hydrogens is 293 g/mol. The molecule has 0 bridgehead atoms. The summed E-state index contributed by atoms with van der Waals surface area (Å²) in [6.45, 7) is 4.94. The lowest BCUT2D eigenvalue weighted by atomic mass is 9.90. The first-order chi connectivity index (χ1) is 10.3. The maximum atomic E-state index is 12.4. The second-order valence-corrected chi connectivity index (χ2v) is 6.04. The van der Waals surface area contributed by atoms with Crippen LogP contribution in [0, 0.1) is 12.8 Å². The van der Waals surface area contributed by atoms with E-state index >= 15 is 0 Å². The van der Waals surface area contributed by atoms with Gasteiger partial charge in [-0.25, -0.2) is 0 Å². The topological polar surface area (TPSA) is 41.1 Å². The molecule has 1 aromatic carbocycles. The monoisotopic (exact) mass is 314 g/mol. The first-order valence-electron chi connectivity index (χ1n) is 7.47. The first kappa shape index (κ1) is 16.8. The van der Waals surface area contributed by atoms with Crippen LogP contribution in [0.3, 0.4) is 0 Å². The standard InChI is InChI=1S/C16H21F3N2O/c1-10-6-7-12(20-9-10)8-13-11(2)4-3-5-14(13)21-15(22)16(17,18)19/h3-5,10,12,20H,6-9H2,1-2H3,(H,21,22). The van der Waals surface area contributed by atoms with E-state index in [-0.39, 0.29) is 11.7 Å². The molecule has 0 aromatic heterocycles. The van der Waals surface area contributed by atoms with E-state index in [4.69, 9.17) is 0 Å². The number of piperidine rings is 1. The minimum absolute atomic E-state index is 0.235. The van der Waals surface area contributed by atoms with E-state index in [0.29, 0.717) is 12.3 Å². The van der Waals surface area contributed by atoms with Gasteiger partial charge in [-0.1, -0.05) is 19.1 Å². The molecule has 122 valence electrons. The van der Waals surface area contributed by atoms with Crippen molar-refractivity contribution in [3.63, 3.8) is 0 Å². The van der Waals surface area contributed by atoms with Gasteiger partial charge in [0.15, 0.2) is 0 Å². The number of halogens is 3. The van der Waals surface area contributed by atoms with Crippen LogP contribution < -0.4 is 10.6 Å². The van der Waals surface area contributed by atoms with Crippen molar-refractivity contribution in [2.75, 3.05) is 11.9 Å². The van der Waals surface area contributed by atoms with E-state index in [1.165, 1.54) is 6.07 Å². The van der Waals surface area contributed by atoms with Gasteiger partial charge in [-0.3, -0.25) is 4.79 Å². The fourth-order valence-electron chi connectivity index (χ4n) is 2.76. The smallest absolute Gasteiger partial charge is 0.318 e. The van der Waals surface area contributed by atoms with Gasteiger partial charge in [0.05, 0.1) is 0 Å². The molecule has 0 spiro atoms. The van der Waals surface area contributed by atoms with Crippen LogP contribution in [0.5, 0.6) is 0 Å². The van der Waals surface area contributed by atoms with Crippen LogP contribution in [-0.4, -0.2) is 24.7 Å². The Morgan fingerprint density at radius 2 is 2.09 bits per heavy atom. The van der Waals surface area contributed by atoms with E-state index in [1.807, 2.05) is 18.3 Å². The fourth-order valence-corrected chi connectivity index (χ4v) is 2.76. The van der Waals surface area contributed by atoms with Crippen LogP contribution in [0.15, 0.2) is 18.2 Å². The molecule has 2 N–H and O–H groups in total. The Hall–Kier alpha value is -1.56. The van der Waals surface area contributed by atoms with Crippen LogP contribution >= 0.6 is 0 Å². The van der Waals surface area contributed by atoms with Gasteiger partial charge in [0.1, 0.15) is 0 Å². The third kappa shape index (κ3) is 4.22. The molecule has 2 unspecified atom stereocenters. The van der Waals surface area contributed by atoms with Gasteiger partial charge in [-0.05, 0) is 55.8 Å². The van der Waals surface area contributed by atoms with Crippen molar-refractivity contribution in [3.8, 4) is 0 Å². The number of benzene rings is 1. The second kappa shape index (κ2) is 6.69. The lowest BCUT2D eigenvalue weighted by Crippen LogP contribution is -2.39. The average molecular weight is 314 g/mol. The van der Waals surface area contributed by atoms with Crippen molar-refractivity contribution in [2.24, 2.45) is 5.92 Å². The maximum Gasteiger partial charge on any atom is 0.471 e. The summed E-state index contributed by atoms with van der Waals surface area (Å²) >= 11 is 0. The third-order valence-electron chi connectivity index (χ3n) is 4.13. The highest BCUT2D eigenvalue weighted by atomic mass is 19.4. The molecule has 0 aliphatic carbocycles. The largest absolute Gasteiger partial charge is 0.471 e. The minimum Gasteiger partial charge on any atom is -0.318 e. The van der Waals surface area contributed by atoms with E-state index in [0.717, 1.165) is 30.5 Å². The molecule has 1 aliphatic heterocycles. The quantitative estimate of drug-likeness (QED) is 0.897. The number of rotatable bonds is 3. The Balaban J connectivity index is 2.14. The lowest BCUT2D eigenvalue weighted by molar-refractivity contribution is -0.167. The average Bonchev–Trinajstić information content (AvgIpc) is 2.43. The summed E-state index contributed by atoms with van der Waals surface area (Å²) in [7, 11) is 0. The van der Waals surface area contributed by atoms with Crippen molar-refractivity contribution >= 4 is 11.6 Å². The molecule has 22 heavy (non-hydrogen) atoms. The number of carbonyl (C=O) groups is 1. The van der Waals surface area contributed by atoms with Gasteiger partial charge >= 0.3 is 12.1 Å². The molecular formula is C16H21F3N2O. The number of nitrogens with one attached hydrogen (secondary N) is 2. The summed E-state index contributed by atoms with van der Waals surface area (Å²) in [6, 6.07) is 5.27. The maximum absolute atomic E-state index is 12.4. The van der Waals surface area contributed by atoms with Crippen LogP contribution in [0.25, 0.3) is 0 Å². The zero-order valence-corrected chi connectivity index (χ0v) is 12.8. The number of amides is 1. The number of hydrogen-bond donors (Lipinski definition) is 2. The Bertz CT molecular complexity index is 535. The molecule has 0 saturated carbocycles. The predicted octanol–water partition coefficient (Wildman–Crippen LogP) is 3.43.